The van der Waals surface area contributed by atoms with Crippen LogP contribution in [0.2, 0.25) is 0 Å². The Morgan fingerprint density at radius 2 is 1.88 bits per heavy atom. The maximum absolute atomic E-state index is 9.49. The molecule has 1 aromatic carbocycles. The van der Waals surface area contributed by atoms with Crippen LogP contribution in [0.4, 0.5) is 0 Å². The van der Waals surface area contributed by atoms with E-state index in [4.69, 9.17) is 0 Å². The highest BCUT2D eigenvalue weighted by atomic mass is 16.3. The molecule has 0 bridgehead atoms. The van der Waals surface area contributed by atoms with Gasteiger partial charge in [0.25, 0.3) is 0 Å². The molecule has 16 heavy (non-hydrogen) atoms. The van der Waals surface area contributed by atoms with E-state index >= 15 is 0 Å². The van der Waals surface area contributed by atoms with Gasteiger partial charge in [0.15, 0.2) is 0 Å². The topological polar surface area (TPSA) is 23.5 Å². The number of aliphatic hydroxyl groups excluding tert-OH is 1. The molecule has 0 spiro atoms. The van der Waals surface area contributed by atoms with Gasteiger partial charge in [0.1, 0.15) is 0 Å². The molecule has 0 amide bonds. The lowest BCUT2D eigenvalue weighted by Gasteiger charge is -2.56. The van der Waals surface area contributed by atoms with Crippen LogP contribution in [0.5, 0.6) is 0 Å². The molecule has 3 rings (SSSR count). The van der Waals surface area contributed by atoms with E-state index in [9.17, 15) is 5.11 Å². The minimum Gasteiger partial charge on any atom is -0.394 e. The van der Waals surface area contributed by atoms with Crippen LogP contribution in [0.25, 0.3) is 0 Å². The second-order valence-electron chi connectivity index (χ2n) is 5.25. The third-order valence-corrected chi connectivity index (χ3v) is 4.40. The highest BCUT2D eigenvalue weighted by Gasteiger charge is 2.47. The van der Waals surface area contributed by atoms with Gasteiger partial charge in [-0.3, -0.25) is 4.90 Å². The molecule has 1 aliphatic carbocycles. The first-order valence-electron chi connectivity index (χ1n) is 6.25. The van der Waals surface area contributed by atoms with Gasteiger partial charge < -0.3 is 5.11 Å². The van der Waals surface area contributed by atoms with Crippen molar-refractivity contribution in [2.75, 3.05) is 19.7 Å². The monoisotopic (exact) mass is 217 g/mol. The van der Waals surface area contributed by atoms with E-state index in [1.54, 1.807) is 0 Å². The maximum Gasteiger partial charge on any atom is 0.0615 e. The highest BCUT2D eigenvalue weighted by Crippen LogP contribution is 2.43. The van der Waals surface area contributed by atoms with Gasteiger partial charge >= 0.3 is 0 Å². The minimum absolute atomic E-state index is 0.158. The zero-order valence-electron chi connectivity index (χ0n) is 9.60. The molecule has 1 saturated carbocycles. The molecule has 0 aromatic heterocycles. The standard InChI is InChI=1S/C14H19NO/c16-11-14(7-4-8-14)15-9-13(10-15)12-5-2-1-3-6-12/h1-3,5-6,13,16H,4,7-11H2. The molecule has 1 heterocycles. The Balaban J connectivity index is 1.63. The molecule has 0 unspecified atom stereocenters. The lowest BCUT2D eigenvalue weighted by atomic mass is 9.72. The lowest BCUT2D eigenvalue weighted by Crippen LogP contribution is -2.63. The number of rotatable bonds is 3. The Hall–Kier alpha value is -0.860. The fourth-order valence-electron chi connectivity index (χ4n) is 2.96. The molecule has 1 N–H and O–H groups in total. The van der Waals surface area contributed by atoms with Gasteiger partial charge in [-0.25, -0.2) is 0 Å². The van der Waals surface area contributed by atoms with Crippen LogP contribution in [0.1, 0.15) is 30.7 Å². The van der Waals surface area contributed by atoms with Crippen molar-refractivity contribution in [3.8, 4) is 0 Å². The number of benzene rings is 1. The molecule has 86 valence electrons. The first kappa shape index (κ1) is 10.3. The highest BCUT2D eigenvalue weighted by molar-refractivity contribution is 5.24. The number of nitrogens with zero attached hydrogens (tertiary/aromatic N) is 1. The van der Waals surface area contributed by atoms with Crippen molar-refractivity contribution >= 4 is 0 Å². The molecule has 2 heteroatoms. The third-order valence-electron chi connectivity index (χ3n) is 4.40. The quantitative estimate of drug-likeness (QED) is 0.837. The second-order valence-corrected chi connectivity index (χ2v) is 5.25. The van der Waals surface area contributed by atoms with Crippen molar-refractivity contribution in [1.29, 1.82) is 0 Å². The molecule has 1 saturated heterocycles. The van der Waals surface area contributed by atoms with Crippen molar-refractivity contribution in [3.05, 3.63) is 35.9 Å². The molecule has 2 fully saturated rings. The summed E-state index contributed by atoms with van der Waals surface area (Å²) in [5.41, 5.74) is 1.61. The van der Waals surface area contributed by atoms with Crippen LogP contribution < -0.4 is 0 Å². The lowest BCUT2D eigenvalue weighted by molar-refractivity contribution is -0.0730. The van der Waals surface area contributed by atoms with Gasteiger partial charge in [-0.1, -0.05) is 30.3 Å². The molecule has 0 radical (unpaired) electrons. The van der Waals surface area contributed by atoms with Gasteiger partial charge in [-0.05, 0) is 24.8 Å². The fraction of sp³-hybridized carbons (Fsp3) is 0.571. The smallest absolute Gasteiger partial charge is 0.0615 e. The summed E-state index contributed by atoms with van der Waals surface area (Å²) in [6, 6.07) is 10.7. The number of likely N-dealkylation sites (tertiary alicyclic amines) is 1. The SMILES string of the molecule is OCC1(N2CC(c3ccccc3)C2)CCC1. The predicted octanol–water partition coefficient (Wildman–Crippen LogP) is 2.00. The van der Waals surface area contributed by atoms with Crippen LogP contribution in [-0.4, -0.2) is 35.2 Å². The van der Waals surface area contributed by atoms with Gasteiger partial charge in [0, 0.05) is 24.5 Å². The van der Waals surface area contributed by atoms with Crippen molar-refractivity contribution in [2.45, 2.75) is 30.7 Å². The van der Waals surface area contributed by atoms with Gasteiger partial charge in [0.2, 0.25) is 0 Å². The average Bonchev–Trinajstić information content (AvgIpc) is 2.21. The van der Waals surface area contributed by atoms with Gasteiger partial charge in [0.05, 0.1) is 6.61 Å². The first-order valence-corrected chi connectivity index (χ1v) is 6.25. The van der Waals surface area contributed by atoms with Crippen LogP contribution in [0.15, 0.2) is 30.3 Å². The first-order chi connectivity index (χ1) is 7.84. The van der Waals surface area contributed by atoms with Crippen LogP contribution in [0.3, 0.4) is 0 Å². The van der Waals surface area contributed by atoms with E-state index < -0.39 is 0 Å². The Labute approximate surface area is 96.9 Å². The normalized spacial score (nSPS) is 24.8. The summed E-state index contributed by atoms with van der Waals surface area (Å²) in [7, 11) is 0. The van der Waals surface area contributed by atoms with Crippen molar-refractivity contribution in [3.63, 3.8) is 0 Å². The molecular weight excluding hydrogens is 198 g/mol. The summed E-state index contributed by atoms with van der Waals surface area (Å²) in [5, 5.41) is 9.49. The van der Waals surface area contributed by atoms with Crippen molar-refractivity contribution < 1.29 is 5.11 Å². The van der Waals surface area contributed by atoms with Crippen molar-refractivity contribution in [2.24, 2.45) is 0 Å². The van der Waals surface area contributed by atoms with E-state index in [-0.39, 0.29) is 5.54 Å². The van der Waals surface area contributed by atoms with E-state index in [1.165, 1.54) is 24.8 Å². The average molecular weight is 217 g/mol. The maximum atomic E-state index is 9.49. The molecular formula is C14H19NO. The molecule has 1 aromatic rings. The Morgan fingerprint density at radius 3 is 2.38 bits per heavy atom. The Kier molecular flexibility index (Phi) is 2.49. The van der Waals surface area contributed by atoms with Crippen LogP contribution in [-0.2, 0) is 0 Å². The van der Waals surface area contributed by atoms with E-state index in [0.29, 0.717) is 12.5 Å². The van der Waals surface area contributed by atoms with Gasteiger partial charge in [-0.15, -0.1) is 0 Å². The van der Waals surface area contributed by atoms with Crippen molar-refractivity contribution in [1.82, 2.24) is 4.90 Å². The molecule has 2 nitrogen and oxygen atoms in total. The number of hydrogen-bond donors (Lipinski definition) is 1. The minimum atomic E-state index is 0.158. The van der Waals surface area contributed by atoms with Crippen LogP contribution >= 0.6 is 0 Å². The van der Waals surface area contributed by atoms with E-state index in [0.717, 1.165) is 13.1 Å². The predicted molar refractivity (Wildman–Crippen MR) is 64.4 cm³/mol. The second kappa shape index (κ2) is 3.86. The summed E-state index contributed by atoms with van der Waals surface area (Å²) in [6.07, 6.45) is 3.66. The summed E-state index contributed by atoms with van der Waals surface area (Å²) in [5.74, 6) is 0.685. The summed E-state index contributed by atoms with van der Waals surface area (Å²) in [6.45, 7) is 2.60. The van der Waals surface area contributed by atoms with E-state index in [1.807, 2.05) is 0 Å². The molecule has 0 atom stereocenters. The summed E-state index contributed by atoms with van der Waals surface area (Å²) >= 11 is 0. The number of hydrogen-bond acceptors (Lipinski definition) is 2. The molecule has 1 aliphatic heterocycles. The van der Waals surface area contributed by atoms with Crippen LogP contribution in [0, 0.1) is 0 Å². The summed E-state index contributed by atoms with van der Waals surface area (Å²) < 4.78 is 0. The van der Waals surface area contributed by atoms with Gasteiger partial charge in [-0.2, -0.15) is 0 Å². The fourth-order valence-corrected chi connectivity index (χ4v) is 2.96. The largest absolute Gasteiger partial charge is 0.394 e. The Morgan fingerprint density at radius 1 is 1.19 bits per heavy atom. The number of aliphatic hydroxyl groups is 1. The zero-order valence-corrected chi connectivity index (χ0v) is 9.60. The Bertz CT molecular complexity index is 347. The zero-order chi connectivity index (χ0) is 11.0. The summed E-state index contributed by atoms with van der Waals surface area (Å²) in [4.78, 5) is 2.48. The third kappa shape index (κ3) is 1.48. The molecule has 2 aliphatic rings. The van der Waals surface area contributed by atoms with E-state index in [2.05, 4.69) is 35.2 Å².